The van der Waals surface area contributed by atoms with E-state index in [4.69, 9.17) is 4.74 Å². The zero-order valence-electron chi connectivity index (χ0n) is 11.9. The Morgan fingerprint density at radius 1 is 1.35 bits per heavy atom. The van der Waals surface area contributed by atoms with Crippen molar-refractivity contribution in [2.24, 2.45) is 5.92 Å². The first-order valence-corrected chi connectivity index (χ1v) is 7.25. The van der Waals surface area contributed by atoms with Crippen LogP contribution in [0.15, 0.2) is 30.8 Å². The molecule has 0 amide bonds. The monoisotopic (exact) mass is 271 g/mol. The number of ether oxygens (including phenoxy) is 1. The summed E-state index contributed by atoms with van der Waals surface area (Å²) in [5.74, 6) is 0.406. The molecule has 2 atom stereocenters. The number of nitrogens with zero attached hydrogens (tertiary/aromatic N) is 1. The number of fused-ring (bicyclic) bond motifs is 2. The Morgan fingerprint density at radius 3 is 2.70 bits per heavy atom. The van der Waals surface area contributed by atoms with Crippen LogP contribution in [0.4, 0.5) is 0 Å². The van der Waals surface area contributed by atoms with Crippen LogP contribution in [0.25, 0.3) is 6.08 Å². The Labute approximate surface area is 120 Å². The molecule has 3 nitrogen and oxygen atoms in total. The van der Waals surface area contributed by atoms with E-state index in [1.807, 2.05) is 24.3 Å². The van der Waals surface area contributed by atoms with E-state index in [0.29, 0.717) is 12.1 Å². The van der Waals surface area contributed by atoms with Crippen molar-refractivity contribution in [3.05, 3.63) is 42.0 Å². The maximum atomic E-state index is 12.7. The number of carbonyl (C=O) groups excluding carboxylic acids is 1. The van der Waals surface area contributed by atoms with Crippen LogP contribution in [-0.4, -0.2) is 43.0 Å². The minimum atomic E-state index is 0.130. The largest absolute Gasteiger partial charge is 0.378 e. The molecular weight excluding hydrogens is 250 g/mol. The molecule has 0 saturated carbocycles. The number of hydrogen-bond acceptors (Lipinski definition) is 3. The lowest BCUT2D eigenvalue weighted by Crippen LogP contribution is -2.55. The van der Waals surface area contributed by atoms with E-state index in [2.05, 4.69) is 18.5 Å². The van der Waals surface area contributed by atoms with Gasteiger partial charge in [0.2, 0.25) is 0 Å². The van der Waals surface area contributed by atoms with E-state index in [9.17, 15) is 4.79 Å². The minimum Gasteiger partial charge on any atom is -0.378 e. The molecule has 2 bridgehead atoms. The molecule has 2 fully saturated rings. The number of carbonyl (C=O) groups is 1. The van der Waals surface area contributed by atoms with Gasteiger partial charge in [0.1, 0.15) is 0 Å². The summed E-state index contributed by atoms with van der Waals surface area (Å²) in [6.07, 6.45) is 3.60. The third-order valence-corrected chi connectivity index (χ3v) is 4.66. The minimum absolute atomic E-state index is 0.130. The molecule has 2 saturated heterocycles. The van der Waals surface area contributed by atoms with Gasteiger partial charge in [-0.05, 0) is 31.5 Å². The molecule has 3 heteroatoms. The molecule has 2 aliphatic heterocycles. The van der Waals surface area contributed by atoms with Gasteiger partial charge in [-0.3, -0.25) is 9.69 Å². The number of piperidine rings is 1. The average molecular weight is 271 g/mol. The van der Waals surface area contributed by atoms with Crippen molar-refractivity contribution in [3.8, 4) is 0 Å². The van der Waals surface area contributed by atoms with Crippen molar-refractivity contribution < 1.29 is 9.53 Å². The highest BCUT2D eigenvalue weighted by molar-refractivity contribution is 5.98. The normalized spacial score (nSPS) is 29.9. The molecular formula is C17H21NO2. The standard InChI is InChI=1S/C17H21NO2/c1-3-12-5-4-6-13(7-12)17(19)14-8-15-10-20-11-16(9-14)18(15)2/h3-7,14-16H,1,8-11H2,2H3. The van der Waals surface area contributed by atoms with Crippen LogP contribution >= 0.6 is 0 Å². The van der Waals surface area contributed by atoms with Crippen LogP contribution in [0.2, 0.25) is 0 Å². The number of Topliss-reactive ketones (excluding diaryl/α,β-unsaturated/α-hetero) is 1. The fourth-order valence-corrected chi connectivity index (χ4v) is 3.36. The Bertz CT molecular complexity index is 511. The molecule has 1 aromatic carbocycles. The fraction of sp³-hybridized carbons (Fsp3) is 0.471. The van der Waals surface area contributed by atoms with Crippen molar-refractivity contribution in [1.29, 1.82) is 0 Å². The van der Waals surface area contributed by atoms with Crippen LogP contribution in [0.1, 0.15) is 28.8 Å². The first kappa shape index (κ1) is 13.5. The second-order valence-corrected chi connectivity index (χ2v) is 5.87. The van der Waals surface area contributed by atoms with Gasteiger partial charge < -0.3 is 4.74 Å². The van der Waals surface area contributed by atoms with Gasteiger partial charge in [0.15, 0.2) is 5.78 Å². The zero-order valence-corrected chi connectivity index (χ0v) is 11.9. The van der Waals surface area contributed by atoms with Gasteiger partial charge >= 0.3 is 0 Å². The molecule has 0 N–H and O–H groups in total. The highest BCUT2D eigenvalue weighted by Gasteiger charge is 2.39. The maximum Gasteiger partial charge on any atom is 0.166 e. The Morgan fingerprint density at radius 2 is 2.05 bits per heavy atom. The van der Waals surface area contributed by atoms with Crippen LogP contribution in [0.5, 0.6) is 0 Å². The van der Waals surface area contributed by atoms with E-state index >= 15 is 0 Å². The fourth-order valence-electron chi connectivity index (χ4n) is 3.36. The first-order valence-electron chi connectivity index (χ1n) is 7.25. The van der Waals surface area contributed by atoms with Gasteiger partial charge in [-0.15, -0.1) is 0 Å². The Hall–Kier alpha value is -1.45. The quantitative estimate of drug-likeness (QED) is 0.792. The molecule has 2 aliphatic rings. The van der Waals surface area contributed by atoms with E-state index < -0.39 is 0 Å². The van der Waals surface area contributed by atoms with Crippen molar-refractivity contribution in [1.82, 2.24) is 4.90 Å². The lowest BCUT2D eigenvalue weighted by molar-refractivity contribution is -0.0702. The number of likely N-dealkylation sites (N-methyl/N-ethyl adjacent to an activating group) is 1. The predicted octanol–water partition coefficient (Wildman–Crippen LogP) is 2.62. The third-order valence-electron chi connectivity index (χ3n) is 4.66. The van der Waals surface area contributed by atoms with E-state index in [1.165, 1.54) is 0 Å². The molecule has 20 heavy (non-hydrogen) atoms. The molecule has 0 aliphatic carbocycles. The van der Waals surface area contributed by atoms with Gasteiger partial charge in [0.05, 0.1) is 13.2 Å². The molecule has 2 heterocycles. The molecule has 2 unspecified atom stereocenters. The number of benzene rings is 1. The van der Waals surface area contributed by atoms with Crippen molar-refractivity contribution in [3.63, 3.8) is 0 Å². The van der Waals surface area contributed by atoms with Gasteiger partial charge in [-0.2, -0.15) is 0 Å². The molecule has 0 aromatic heterocycles. The summed E-state index contributed by atoms with van der Waals surface area (Å²) in [7, 11) is 2.15. The predicted molar refractivity (Wildman–Crippen MR) is 79.7 cm³/mol. The highest BCUT2D eigenvalue weighted by atomic mass is 16.5. The van der Waals surface area contributed by atoms with Crippen LogP contribution in [-0.2, 0) is 4.74 Å². The summed E-state index contributed by atoms with van der Waals surface area (Å²) in [6, 6.07) is 8.54. The average Bonchev–Trinajstić information content (AvgIpc) is 2.46. The summed E-state index contributed by atoms with van der Waals surface area (Å²) < 4.78 is 5.61. The molecule has 0 spiro atoms. The topological polar surface area (TPSA) is 29.5 Å². The van der Waals surface area contributed by atoms with Gasteiger partial charge in [0, 0.05) is 23.6 Å². The smallest absolute Gasteiger partial charge is 0.166 e. The van der Waals surface area contributed by atoms with E-state index in [0.717, 1.165) is 37.2 Å². The summed E-state index contributed by atoms with van der Waals surface area (Å²) >= 11 is 0. The number of ketones is 1. The zero-order chi connectivity index (χ0) is 14.1. The summed E-state index contributed by atoms with van der Waals surface area (Å²) in [4.78, 5) is 15.1. The van der Waals surface area contributed by atoms with Crippen LogP contribution < -0.4 is 0 Å². The van der Waals surface area contributed by atoms with E-state index in [1.54, 1.807) is 6.08 Å². The third kappa shape index (κ3) is 2.43. The second-order valence-electron chi connectivity index (χ2n) is 5.87. The number of rotatable bonds is 3. The van der Waals surface area contributed by atoms with Gasteiger partial charge in [-0.1, -0.05) is 30.9 Å². The summed E-state index contributed by atoms with van der Waals surface area (Å²) in [5, 5.41) is 0. The number of hydrogen-bond donors (Lipinski definition) is 0. The Kier molecular flexibility index (Phi) is 3.72. The van der Waals surface area contributed by atoms with Gasteiger partial charge in [0.25, 0.3) is 0 Å². The summed E-state index contributed by atoms with van der Waals surface area (Å²) in [5.41, 5.74) is 1.82. The second kappa shape index (κ2) is 5.51. The van der Waals surface area contributed by atoms with E-state index in [-0.39, 0.29) is 11.7 Å². The van der Waals surface area contributed by atoms with Crippen molar-refractivity contribution in [2.75, 3.05) is 20.3 Å². The molecule has 1 aromatic rings. The maximum absolute atomic E-state index is 12.7. The lowest BCUT2D eigenvalue weighted by atomic mass is 9.81. The van der Waals surface area contributed by atoms with Crippen LogP contribution in [0.3, 0.4) is 0 Å². The number of morpholine rings is 1. The van der Waals surface area contributed by atoms with Gasteiger partial charge in [-0.25, -0.2) is 0 Å². The SMILES string of the molecule is C=Cc1cccc(C(=O)C2CC3COCC(C2)N3C)c1. The Balaban J connectivity index is 1.79. The van der Waals surface area contributed by atoms with Crippen molar-refractivity contribution in [2.45, 2.75) is 24.9 Å². The van der Waals surface area contributed by atoms with Crippen LogP contribution in [0, 0.1) is 5.92 Å². The van der Waals surface area contributed by atoms with Crippen molar-refractivity contribution >= 4 is 11.9 Å². The first-order chi connectivity index (χ1) is 9.69. The summed E-state index contributed by atoms with van der Waals surface area (Å²) in [6.45, 7) is 5.27. The lowest BCUT2D eigenvalue weighted by Gasteiger charge is -2.46. The highest BCUT2D eigenvalue weighted by Crippen LogP contribution is 2.32. The molecule has 3 rings (SSSR count). The molecule has 106 valence electrons. The molecule has 0 radical (unpaired) electrons.